The van der Waals surface area contributed by atoms with Crippen molar-refractivity contribution >= 4 is 17.6 Å². The van der Waals surface area contributed by atoms with Gasteiger partial charge in [-0.05, 0) is 26.3 Å². The third kappa shape index (κ3) is 2.78. The number of aromatic nitrogens is 2. The molecule has 3 aliphatic rings. The number of hydrogen-bond donors (Lipinski definition) is 0. The molecule has 1 unspecified atom stereocenters. The predicted molar refractivity (Wildman–Crippen MR) is 93.3 cm³/mol. The van der Waals surface area contributed by atoms with E-state index in [1.54, 1.807) is 10.9 Å². The van der Waals surface area contributed by atoms with Crippen LogP contribution in [0.25, 0.3) is 0 Å². The van der Waals surface area contributed by atoms with Gasteiger partial charge in [-0.3, -0.25) is 14.4 Å². The number of rotatable bonds is 1. The molecule has 0 bridgehead atoms. The van der Waals surface area contributed by atoms with Gasteiger partial charge in [0.05, 0.1) is 24.0 Å². The molecule has 0 saturated carbocycles. The summed E-state index contributed by atoms with van der Waals surface area (Å²) in [7, 11) is 3.86. The number of amides is 3. The van der Waals surface area contributed by atoms with E-state index in [-0.39, 0.29) is 17.5 Å². The summed E-state index contributed by atoms with van der Waals surface area (Å²) in [5.41, 5.74) is 0.670. The Hall–Kier alpha value is -2.09. The fraction of sp³-hybridized carbons (Fsp3) is 0.706. The fourth-order valence-electron chi connectivity index (χ4n) is 4.31. The predicted octanol–water partition coefficient (Wildman–Crippen LogP) is 0.359. The van der Waals surface area contributed by atoms with Crippen LogP contribution in [0.5, 0.6) is 0 Å². The van der Waals surface area contributed by atoms with E-state index < -0.39 is 0 Å². The summed E-state index contributed by atoms with van der Waals surface area (Å²) in [5, 5.41) is 4.19. The molecule has 0 radical (unpaired) electrons. The van der Waals surface area contributed by atoms with Gasteiger partial charge >= 0.3 is 6.03 Å². The van der Waals surface area contributed by atoms with Crippen molar-refractivity contribution in [3.63, 3.8) is 0 Å². The summed E-state index contributed by atoms with van der Waals surface area (Å²) < 4.78 is 1.71. The van der Waals surface area contributed by atoms with E-state index in [0.29, 0.717) is 19.6 Å². The molecule has 0 aliphatic carbocycles. The number of aryl methyl sites for hydroxylation is 1. The zero-order valence-electron chi connectivity index (χ0n) is 15.0. The number of likely N-dealkylation sites (N-methyl/N-ethyl adjacent to an activating group) is 1. The molecular formula is C17H26N6O2. The highest BCUT2D eigenvalue weighted by Crippen LogP contribution is 2.34. The molecule has 1 aromatic heterocycles. The van der Waals surface area contributed by atoms with Crippen LogP contribution >= 0.6 is 0 Å². The molecule has 1 spiro atoms. The van der Waals surface area contributed by atoms with Crippen LogP contribution < -0.4 is 4.90 Å². The van der Waals surface area contributed by atoms with Crippen molar-refractivity contribution in [2.45, 2.75) is 24.8 Å². The zero-order valence-corrected chi connectivity index (χ0v) is 15.0. The first-order valence-electron chi connectivity index (χ1n) is 9.03. The van der Waals surface area contributed by atoms with E-state index >= 15 is 0 Å². The van der Waals surface area contributed by atoms with Crippen molar-refractivity contribution in [1.82, 2.24) is 24.5 Å². The Morgan fingerprint density at radius 1 is 1.12 bits per heavy atom. The average molecular weight is 346 g/mol. The largest absolute Gasteiger partial charge is 0.325 e. The normalized spacial score (nSPS) is 27.8. The SMILES string of the molecule is CN1CC(=O)N(c2cnn(C)c2)CC12CCN(C(=O)N1CCCC1)C2. The first-order chi connectivity index (χ1) is 12.0. The lowest BCUT2D eigenvalue weighted by atomic mass is 9.93. The van der Waals surface area contributed by atoms with Crippen LogP contribution in [0.4, 0.5) is 10.5 Å². The van der Waals surface area contributed by atoms with Crippen molar-refractivity contribution < 1.29 is 9.59 Å². The van der Waals surface area contributed by atoms with E-state index in [0.717, 1.165) is 44.6 Å². The van der Waals surface area contributed by atoms with Crippen molar-refractivity contribution in [2.75, 3.05) is 51.2 Å². The summed E-state index contributed by atoms with van der Waals surface area (Å²) in [6.45, 7) is 4.17. The Bertz CT molecular complexity index is 682. The second kappa shape index (κ2) is 6.01. The molecule has 0 N–H and O–H groups in total. The molecular weight excluding hydrogens is 320 g/mol. The lowest BCUT2D eigenvalue weighted by Crippen LogP contribution is -2.64. The number of carbonyl (C=O) groups excluding carboxylic acids is 2. The second-order valence-corrected chi connectivity index (χ2v) is 7.58. The van der Waals surface area contributed by atoms with Crippen LogP contribution in [0.1, 0.15) is 19.3 Å². The third-order valence-electron chi connectivity index (χ3n) is 5.92. The van der Waals surface area contributed by atoms with Crippen LogP contribution in [0.15, 0.2) is 12.4 Å². The minimum Gasteiger partial charge on any atom is -0.325 e. The van der Waals surface area contributed by atoms with E-state index in [1.165, 1.54) is 0 Å². The number of nitrogens with zero attached hydrogens (tertiary/aromatic N) is 6. The van der Waals surface area contributed by atoms with Crippen molar-refractivity contribution in [3.05, 3.63) is 12.4 Å². The van der Waals surface area contributed by atoms with Gasteiger partial charge in [0.25, 0.3) is 0 Å². The highest BCUT2D eigenvalue weighted by atomic mass is 16.2. The maximum absolute atomic E-state index is 12.7. The smallest absolute Gasteiger partial charge is 0.320 e. The summed E-state index contributed by atoms with van der Waals surface area (Å²) in [6.07, 6.45) is 6.72. The molecule has 1 atom stereocenters. The van der Waals surface area contributed by atoms with Gasteiger partial charge in [0, 0.05) is 46.0 Å². The van der Waals surface area contributed by atoms with Gasteiger partial charge in [-0.2, -0.15) is 5.10 Å². The lowest BCUT2D eigenvalue weighted by Gasteiger charge is -2.46. The van der Waals surface area contributed by atoms with Crippen molar-refractivity contribution in [1.29, 1.82) is 0 Å². The van der Waals surface area contributed by atoms with E-state index in [1.807, 2.05) is 35.0 Å². The van der Waals surface area contributed by atoms with Gasteiger partial charge in [0.2, 0.25) is 5.91 Å². The Morgan fingerprint density at radius 2 is 1.88 bits per heavy atom. The van der Waals surface area contributed by atoms with E-state index in [2.05, 4.69) is 10.00 Å². The quantitative estimate of drug-likeness (QED) is 0.736. The van der Waals surface area contributed by atoms with Crippen LogP contribution in [-0.4, -0.2) is 88.3 Å². The lowest BCUT2D eigenvalue weighted by molar-refractivity contribution is -0.123. The molecule has 1 aromatic rings. The fourth-order valence-corrected chi connectivity index (χ4v) is 4.31. The molecule has 3 aliphatic heterocycles. The minimum absolute atomic E-state index is 0.0884. The summed E-state index contributed by atoms with van der Waals surface area (Å²) in [6, 6.07) is 0.160. The number of piperazine rings is 1. The first-order valence-corrected chi connectivity index (χ1v) is 9.03. The molecule has 25 heavy (non-hydrogen) atoms. The maximum atomic E-state index is 12.7. The van der Waals surface area contributed by atoms with Crippen LogP contribution in [-0.2, 0) is 11.8 Å². The zero-order chi connectivity index (χ0) is 17.6. The molecule has 3 saturated heterocycles. The second-order valence-electron chi connectivity index (χ2n) is 7.58. The molecule has 4 heterocycles. The summed E-state index contributed by atoms with van der Waals surface area (Å²) >= 11 is 0. The van der Waals surface area contributed by atoms with Crippen LogP contribution in [0.2, 0.25) is 0 Å². The Balaban J connectivity index is 1.52. The average Bonchev–Trinajstić information content (AvgIpc) is 3.32. The highest BCUT2D eigenvalue weighted by molar-refractivity contribution is 5.95. The first kappa shape index (κ1) is 16.4. The van der Waals surface area contributed by atoms with Gasteiger partial charge in [-0.1, -0.05) is 0 Å². The molecule has 3 amide bonds. The van der Waals surface area contributed by atoms with Crippen LogP contribution in [0, 0.1) is 0 Å². The number of likely N-dealkylation sites (tertiary alicyclic amines) is 2. The molecule has 4 rings (SSSR count). The minimum atomic E-state index is -0.168. The monoisotopic (exact) mass is 346 g/mol. The van der Waals surface area contributed by atoms with Gasteiger partial charge in [0.1, 0.15) is 0 Å². The number of carbonyl (C=O) groups is 2. The Kier molecular flexibility index (Phi) is 3.94. The Morgan fingerprint density at radius 3 is 2.56 bits per heavy atom. The topological polar surface area (TPSA) is 64.9 Å². The maximum Gasteiger partial charge on any atom is 0.320 e. The molecule has 8 heteroatoms. The van der Waals surface area contributed by atoms with Crippen LogP contribution in [0.3, 0.4) is 0 Å². The number of urea groups is 1. The molecule has 0 aromatic carbocycles. The molecule has 136 valence electrons. The van der Waals surface area contributed by atoms with Gasteiger partial charge < -0.3 is 14.7 Å². The standard InChI is InChI=1S/C17H26N6O2/c1-19-11-15(24)23(14-9-18-20(2)10-14)13-17(19)5-8-22(12-17)16(25)21-6-3-4-7-21/h9-10H,3-8,11-13H2,1-2H3. The van der Waals surface area contributed by atoms with Gasteiger partial charge in [-0.15, -0.1) is 0 Å². The van der Waals surface area contributed by atoms with E-state index in [9.17, 15) is 9.59 Å². The van der Waals surface area contributed by atoms with Crippen molar-refractivity contribution in [3.8, 4) is 0 Å². The molecule has 3 fully saturated rings. The number of anilines is 1. The number of hydrogen-bond acceptors (Lipinski definition) is 4. The van der Waals surface area contributed by atoms with Crippen molar-refractivity contribution in [2.24, 2.45) is 7.05 Å². The van der Waals surface area contributed by atoms with Gasteiger partial charge in [-0.25, -0.2) is 4.79 Å². The molecule has 8 nitrogen and oxygen atoms in total. The van der Waals surface area contributed by atoms with Gasteiger partial charge in [0.15, 0.2) is 0 Å². The summed E-state index contributed by atoms with van der Waals surface area (Å²) in [5.74, 6) is 0.0884. The summed E-state index contributed by atoms with van der Waals surface area (Å²) in [4.78, 5) is 33.2. The Labute approximate surface area is 147 Å². The highest BCUT2D eigenvalue weighted by Gasteiger charge is 2.49. The van der Waals surface area contributed by atoms with E-state index in [4.69, 9.17) is 0 Å². The third-order valence-corrected chi connectivity index (χ3v) is 5.92.